The Morgan fingerprint density at radius 2 is 2.00 bits per heavy atom. The van der Waals surface area contributed by atoms with E-state index >= 15 is 0 Å². The quantitative estimate of drug-likeness (QED) is 0.534. The van der Waals surface area contributed by atoms with Crippen LogP contribution < -0.4 is 5.32 Å². The van der Waals surface area contributed by atoms with E-state index in [1.165, 1.54) is 44.9 Å². The van der Waals surface area contributed by atoms with Crippen molar-refractivity contribution < 1.29 is 0 Å². The molecule has 0 aromatic heterocycles. The Kier molecular flexibility index (Phi) is 3.13. The molecule has 0 amide bonds. The topological polar surface area (TPSA) is 12.0 Å². The molecule has 2 aliphatic carbocycles. The summed E-state index contributed by atoms with van der Waals surface area (Å²) in [4.78, 5) is 0. The molecule has 0 radical (unpaired) electrons. The van der Waals surface area contributed by atoms with Crippen molar-refractivity contribution in [2.45, 2.75) is 57.4 Å². The molecule has 1 nitrogen and oxygen atoms in total. The van der Waals surface area contributed by atoms with Gasteiger partial charge in [-0.25, -0.2) is 0 Å². The van der Waals surface area contributed by atoms with Crippen LogP contribution >= 0.6 is 0 Å². The molecule has 0 aromatic carbocycles. The van der Waals surface area contributed by atoms with Gasteiger partial charge in [-0.05, 0) is 31.1 Å². The third-order valence-corrected chi connectivity index (χ3v) is 4.18. The van der Waals surface area contributed by atoms with Crippen LogP contribution in [0.4, 0.5) is 0 Å². The van der Waals surface area contributed by atoms with Crippen molar-refractivity contribution in [3.05, 3.63) is 0 Å². The molecule has 2 saturated carbocycles. The van der Waals surface area contributed by atoms with Crippen LogP contribution in [0, 0.1) is 17.8 Å². The fraction of sp³-hybridized carbons (Fsp3) is 0.846. The van der Waals surface area contributed by atoms with Crippen molar-refractivity contribution in [1.82, 2.24) is 5.32 Å². The third kappa shape index (κ3) is 1.81. The average Bonchev–Trinajstić information content (AvgIpc) is 2.24. The van der Waals surface area contributed by atoms with Crippen molar-refractivity contribution in [2.24, 2.45) is 5.41 Å². The van der Waals surface area contributed by atoms with E-state index in [2.05, 4.69) is 11.2 Å². The maximum absolute atomic E-state index is 5.25. The van der Waals surface area contributed by atoms with E-state index < -0.39 is 0 Å². The summed E-state index contributed by atoms with van der Waals surface area (Å²) >= 11 is 0. The van der Waals surface area contributed by atoms with E-state index in [-0.39, 0.29) is 0 Å². The zero-order valence-corrected chi connectivity index (χ0v) is 9.02. The number of hydrogen-bond acceptors (Lipinski definition) is 1. The molecule has 0 heterocycles. The lowest BCUT2D eigenvalue weighted by Crippen LogP contribution is -2.54. The second kappa shape index (κ2) is 4.36. The van der Waals surface area contributed by atoms with Crippen LogP contribution in [0.15, 0.2) is 0 Å². The van der Waals surface area contributed by atoms with Gasteiger partial charge in [0, 0.05) is 19.0 Å². The number of terminal acetylenes is 1. The van der Waals surface area contributed by atoms with Crippen LogP contribution in [0.3, 0.4) is 0 Å². The van der Waals surface area contributed by atoms with E-state index in [9.17, 15) is 0 Å². The largest absolute Gasteiger partial charge is 0.312 e. The summed E-state index contributed by atoms with van der Waals surface area (Å²) in [6, 6.07) is 0.788. The highest BCUT2D eigenvalue weighted by molar-refractivity contribution is 5.02. The van der Waals surface area contributed by atoms with E-state index in [0.29, 0.717) is 5.41 Å². The first-order chi connectivity index (χ1) is 6.87. The second-order valence-electron chi connectivity index (χ2n) is 4.92. The highest BCUT2D eigenvalue weighted by Crippen LogP contribution is 2.51. The van der Waals surface area contributed by atoms with Crippen molar-refractivity contribution in [3.63, 3.8) is 0 Å². The number of hydrogen-bond donors (Lipinski definition) is 1. The Balaban J connectivity index is 1.79. The summed E-state index contributed by atoms with van der Waals surface area (Å²) in [5.41, 5.74) is 0.687. The fourth-order valence-electron chi connectivity index (χ4n) is 3.19. The van der Waals surface area contributed by atoms with E-state index in [4.69, 9.17) is 6.42 Å². The van der Waals surface area contributed by atoms with E-state index in [0.717, 1.165) is 19.0 Å². The van der Waals surface area contributed by atoms with E-state index in [1.54, 1.807) is 0 Å². The number of rotatable bonds is 3. The minimum absolute atomic E-state index is 0.687. The van der Waals surface area contributed by atoms with Gasteiger partial charge in [-0.2, -0.15) is 0 Å². The van der Waals surface area contributed by atoms with Crippen molar-refractivity contribution in [2.75, 3.05) is 6.54 Å². The van der Waals surface area contributed by atoms with Gasteiger partial charge in [0.1, 0.15) is 0 Å². The van der Waals surface area contributed by atoms with Gasteiger partial charge in [0.2, 0.25) is 0 Å². The molecule has 0 saturated heterocycles. The lowest BCUT2D eigenvalue weighted by atomic mass is 9.57. The SMILES string of the molecule is C#CCCNC1CCC12CCCCC2. The predicted molar refractivity (Wildman–Crippen MR) is 60.0 cm³/mol. The van der Waals surface area contributed by atoms with Gasteiger partial charge in [-0.3, -0.25) is 0 Å². The first kappa shape index (κ1) is 10.1. The zero-order chi connectivity index (χ0) is 9.86. The van der Waals surface area contributed by atoms with Gasteiger partial charge in [-0.1, -0.05) is 19.3 Å². The third-order valence-electron chi connectivity index (χ3n) is 4.18. The van der Waals surface area contributed by atoms with Crippen molar-refractivity contribution >= 4 is 0 Å². The minimum Gasteiger partial charge on any atom is -0.312 e. The first-order valence-corrected chi connectivity index (χ1v) is 6.04. The molecule has 2 aliphatic rings. The summed E-state index contributed by atoms with van der Waals surface area (Å²) in [7, 11) is 0. The van der Waals surface area contributed by atoms with Gasteiger partial charge in [-0.15, -0.1) is 12.3 Å². The molecular formula is C13H21N. The molecule has 1 atom stereocenters. The molecule has 1 spiro atoms. The summed E-state index contributed by atoms with van der Waals surface area (Å²) in [5, 5.41) is 3.64. The zero-order valence-electron chi connectivity index (χ0n) is 9.02. The minimum atomic E-state index is 0.687. The van der Waals surface area contributed by atoms with Crippen LogP contribution in [-0.4, -0.2) is 12.6 Å². The van der Waals surface area contributed by atoms with Crippen molar-refractivity contribution in [1.29, 1.82) is 0 Å². The summed E-state index contributed by atoms with van der Waals surface area (Å²) in [5.74, 6) is 2.70. The standard InChI is InChI=1S/C13H21N/c1-2-3-11-14-12-7-10-13(12)8-5-4-6-9-13/h1,12,14H,3-11H2. The highest BCUT2D eigenvalue weighted by atomic mass is 15.0. The highest BCUT2D eigenvalue weighted by Gasteiger charge is 2.46. The second-order valence-corrected chi connectivity index (χ2v) is 4.92. The molecule has 0 bridgehead atoms. The predicted octanol–water partition coefficient (Wildman–Crippen LogP) is 2.71. The van der Waals surface area contributed by atoms with Gasteiger partial charge in [0.25, 0.3) is 0 Å². The molecule has 78 valence electrons. The molecule has 0 aromatic rings. The van der Waals surface area contributed by atoms with Gasteiger partial charge >= 0.3 is 0 Å². The molecule has 14 heavy (non-hydrogen) atoms. The Morgan fingerprint density at radius 1 is 1.21 bits per heavy atom. The van der Waals surface area contributed by atoms with Crippen LogP contribution in [0.25, 0.3) is 0 Å². The Morgan fingerprint density at radius 3 is 2.57 bits per heavy atom. The van der Waals surface area contributed by atoms with Crippen LogP contribution in [0.2, 0.25) is 0 Å². The molecule has 2 fully saturated rings. The monoisotopic (exact) mass is 191 g/mol. The van der Waals surface area contributed by atoms with Gasteiger partial charge < -0.3 is 5.32 Å². The normalized spacial score (nSPS) is 29.5. The Hall–Kier alpha value is -0.480. The summed E-state index contributed by atoms with van der Waals surface area (Å²) in [6.45, 7) is 1.02. The molecule has 1 heteroatoms. The van der Waals surface area contributed by atoms with E-state index in [1.807, 2.05) is 0 Å². The maximum atomic E-state index is 5.25. The molecule has 1 unspecified atom stereocenters. The summed E-state index contributed by atoms with van der Waals surface area (Å²) < 4.78 is 0. The smallest absolute Gasteiger partial charge is 0.0212 e. The van der Waals surface area contributed by atoms with Crippen molar-refractivity contribution in [3.8, 4) is 12.3 Å². The lowest BCUT2D eigenvalue weighted by Gasteiger charge is -2.52. The molecule has 2 rings (SSSR count). The van der Waals surface area contributed by atoms with Crippen LogP contribution in [0.5, 0.6) is 0 Å². The van der Waals surface area contributed by atoms with Gasteiger partial charge in [0.05, 0.1) is 0 Å². The van der Waals surface area contributed by atoms with Crippen LogP contribution in [0.1, 0.15) is 51.4 Å². The molecule has 1 N–H and O–H groups in total. The fourth-order valence-corrected chi connectivity index (χ4v) is 3.19. The Labute approximate surface area is 87.7 Å². The Bertz CT molecular complexity index is 220. The summed E-state index contributed by atoms with van der Waals surface area (Å²) in [6.07, 6.45) is 16.3. The molecular weight excluding hydrogens is 170 g/mol. The number of nitrogens with one attached hydrogen (secondary N) is 1. The van der Waals surface area contributed by atoms with Gasteiger partial charge in [0.15, 0.2) is 0 Å². The lowest BCUT2D eigenvalue weighted by molar-refractivity contribution is 0.0238. The molecule has 0 aliphatic heterocycles. The first-order valence-electron chi connectivity index (χ1n) is 6.04. The average molecular weight is 191 g/mol. The van der Waals surface area contributed by atoms with Crippen LogP contribution in [-0.2, 0) is 0 Å². The maximum Gasteiger partial charge on any atom is 0.0212 e.